The van der Waals surface area contributed by atoms with Crippen LogP contribution in [0.2, 0.25) is 0 Å². The Morgan fingerprint density at radius 3 is 3.00 bits per heavy atom. The molecule has 20 heavy (non-hydrogen) atoms. The molecule has 1 aliphatic rings. The van der Waals surface area contributed by atoms with Crippen molar-refractivity contribution in [1.82, 2.24) is 10.3 Å². The van der Waals surface area contributed by atoms with Crippen LogP contribution in [0.4, 0.5) is 16.2 Å². The van der Waals surface area contributed by atoms with Crippen molar-refractivity contribution in [2.45, 2.75) is 13.0 Å². The molecule has 0 bridgehead atoms. The molecule has 1 fully saturated rings. The number of nitrogens with zero attached hydrogens (tertiary/aromatic N) is 3. The van der Waals surface area contributed by atoms with Crippen LogP contribution in [0.3, 0.4) is 0 Å². The van der Waals surface area contributed by atoms with Crippen molar-refractivity contribution in [2.24, 2.45) is 11.8 Å². The number of nitrogens with one attached hydrogen (secondary N) is 1. The minimum atomic E-state index is -1.12. The Kier molecular flexibility index (Phi) is 4.05. The van der Waals surface area contributed by atoms with E-state index >= 15 is 0 Å². The summed E-state index contributed by atoms with van der Waals surface area (Å²) in [7, 11) is 0. The summed E-state index contributed by atoms with van der Waals surface area (Å²) in [6, 6.07) is 3.31. The summed E-state index contributed by atoms with van der Waals surface area (Å²) >= 11 is 0. The first-order chi connectivity index (χ1) is 9.56. The molecule has 1 saturated heterocycles. The molecule has 1 aromatic rings. The molecule has 1 aliphatic heterocycles. The van der Waals surface area contributed by atoms with Gasteiger partial charge in [-0.05, 0) is 18.5 Å². The smallest absolute Gasteiger partial charge is 0.412 e. The fraction of sp³-hybridized carbons (Fsp3) is 0.462. The van der Waals surface area contributed by atoms with Crippen molar-refractivity contribution in [3.05, 3.63) is 18.5 Å². The molecule has 0 radical (unpaired) electrons. The van der Waals surface area contributed by atoms with E-state index in [1.54, 1.807) is 6.07 Å². The molecule has 0 aromatic carbocycles. The van der Waals surface area contributed by atoms with Gasteiger partial charge in [0, 0.05) is 12.7 Å². The van der Waals surface area contributed by atoms with Crippen molar-refractivity contribution in [3.8, 4) is 6.07 Å². The van der Waals surface area contributed by atoms with Gasteiger partial charge in [0.2, 0.25) is 0 Å². The van der Waals surface area contributed by atoms with Crippen LogP contribution < -0.4 is 16.0 Å². The quantitative estimate of drug-likeness (QED) is 0.738. The van der Waals surface area contributed by atoms with Gasteiger partial charge in [-0.15, -0.1) is 0 Å². The molecule has 4 N–H and O–H groups in total. The largest absolute Gasteiger partial charge is 0.465 e. The first-order valence-electron chi connectivity index (χ1n) is 6.38. The number of aromatic nitrogens is 1. The highest BCUT2D eigenvalue weighted by molar-refractivity contribution is 5.91. The summed E-state index contributed by atoms with van der Waals surface area (Å²) in [5.74, 6) is -0.302. The molecule has 106 valence electrons. The molecular weight excluding hydrogens is 258 g/mol. The molecule has 1 aromatic heterocycles. The van der Waals surface area contributed by atoms with Crippen molar-refractivity contribution in [3.63, 3.8) is 0 Å². The fourth-order valence-electron chi connectivity index (χ4n) is 2.60. The third-order valence-corrected chi connectivity index (χ3v) is 3.62. The van der Waals surface area contributed by atoms with Crippen LogP contribution in [0.15, 0.2) is 18.5 Å². The zero-order valence-corrected chi connectivity index (χ0v) is 11.2. The molecule has 3 atom stereocenters. The highest BCUT2D eigenvalue weighted by Gasteiger charge is 2.38. The van der Waals surface area contributed by atoms with E-state index in [9.17, 15) is 15.2 Å². The van der Waals surface area contributed by atoms with Gasteiger partial charge < -0.3 is 16.2 Å². The molecule has 0 saturated carbocycles. The summed E-state index contributed by atoms with van der Waals surface area (Å²) in [5.41, 5.74) is 6.47. The molecule has 0 aliphatic carbocycles. The lowest BCUT2D eigenvalue weighted by Gasteiger charge is -2.39. The lowest BCUT2D eigenvalue weighted by molar-refractivity contribution is 0.190. The lowest BCUT2D eigenvalue weighted by Crippen LogP contribution is -2.56. The Hall–Kier alpha value is -2.33. The first-order valence-corrected chi connectivity index (χ1v) is 6.38. The van der Waals surface area contributed by atoms with Crippen molar-refractivity contribution in [2.75, 3.05) is 23.7 Å². The van der Waals surface area contributed by atoms with Gasteiger partial charge in [-0.2, -0.15) is 5.26 Å². The van der Waals surface area contributed by atoms with Crippen molar-refractivity contribution in [1.29, 1.82) is 5.26 Å². The Morgan fingerprint density at radius 1 is 1.65 bits per heavy atom. The van der Waals surface area contributed by atoms with E-state index in [0.717, 1.165) is 0 Å². The molecule has 0 unspecified atom stereocenters. The number of anilines is 2. The van der Waals surface area contributed by atoms with Gasteiger partial charge in [-0.25, -0.2) is 4.79 Å². The number of carboxylic acid groups (broad SMARTS) is 1. The Balaban J connectivity index is 2.41. The standard InChI is InChI=1S/C13H17N5O2/c1-8-5-17-7-12(9(8)4-14)18(13(19)20)11-2-3-16-6-10(11)15/h2-3,6,8-9,12,17H,5,7,15H2,1H3,(H,19,20)/t8-,9-,12+/m0/s1. The highest BCUT2D eigenvalue weighted by atomic mass is 16.4. The Labute approximate surface area is 117 Å². The summed E-state index contributed by atoms with van der Waals surface area (Å²) in [6.45, 7) is 3.06. The van der Waals surface area contributed by atoms with Gasteiger partial charge in [0.25, 0.3) is 0 Å². The van der Waals surface area contributed by atoms with Gasteiger partial charge in [0.15, 0.2) is 0 Å². The summed E-state index contributed by atoms with van der Waals surface area (Å²) < 4.78 is 0. The van der Waals surface area contributed by atoms with Gasteiger partial charge >= 0.3 is 6.09 Å². The normalized spacial score (nSPS) is 25.7. The molecule has 2 heterocycles. The molecule has 7 heteroatoms. The minimum Gasteiger partial charge on any atom is -0.465 e. The number of hydrogen-bond acceptors (Lipinski definition) is 5. The zero-order valence-electron chi connectivity index (χ0n) is 11.2. The van der Waals surface area contributed by atoms with E-state index in [2.05, 4.69) is 16.4 Å². The van der Waals surface area contributed by atoms with Crippen LogP contribution in [0.5, 0.6) is 0 Å². The lowest BCUT2D eigenvalue weighted by atomic mass is 9.84. The number of rotatable bonds is 2. The van der Waals surface area contributed by atoms with Crippen molar-refractivity contribution >= 4 is 17.5 Å². The number of piperidine rings is 1. The maximum absolute atomic E-state index is 11.6. The number of hydrogen-bond donors (Lipinski definition) is 3. The maximum Gasteiger partial charge on any atom is 0.412 e. The van der Waals surface area contributed by atoms with E-state index in [-0.39, 0.29) is 17.5 Å². The highest BCUT2D eigenvalue weighted by Crippen LogP contribution is 2.30. The van der Waals surface area contributed by atoms with E-state index in [4.69, 9.17) is 5.73 Å². The number of carbonyl (C=O) groups is 1. The SMILES string of the molecule is C[C@H]1CNC[C@@H](N(C(=O)O)c2ccncc2N)[C@H]1C#N. The van der Waals surface area contributed by atoms with E-state index in [0.29, 0.717) is 18.8 Å². The zero-order chi connectivity index (χ0) is 14.7. The van der Waals surface area contributed by atoms with Crippen molar-refractivity contribution < 1.29 is 9.90 Å². The predicted octanol–water partition coefficient (Wildman–Crippen LogP) is 0.896. The number of amides is 1. The molecule has 1 amide bonds. The topological polar surface area (TPSA) is 115 Å². The monoisotopic (exact) mass is 275 g/mol. The number of nitriles is 1. The van der Waals surface area contributed by atoms with Crippen LogP contribution in [-0.2, 0) is 0 Å². The average molecular weight is 275 g/mol. The maximum atomic E-state index is 11.6. The Bertz CT molecular complexity index is 542. The van der Waals surface area contributed by atoms with Gasteiger partial charge in [0.1, 0.15) is 0 Å². The predicted molar refractivity (Wildman–Crippen MR) is 74.1 cm³/mol. The molecule has 2 rings (SSSR count). The van der Waals surface area contributed by atoms with E-state index in [1.807, 2.05) is 6.92 Å². The molecule has 7 nitrogen and oxygen atoms in total. The van der Waals surface area contributed by atoms with Crippen LogP contribution >= 0.6 is 0 Å². The first kappa shape index (κ1) is 14.1. The van der Waals surface area contributed by atoms with Crippen LogP contribution in [0.1, 0.15) is 6.92 Å². The second kappa shape index (κ2) is 5.75. The molecular formula is C13H17N5O2. The van der Waals surface area contributed by atoms with E-state index < -0.39 is 12.1 Å². The van der Waals surface area contributed by atoms with Gasteiger partial charge in [0.05, 0.1) is 35.6 Å². The summed E-state index contributed by atoms with van der Waals surface area (Å²) in [6.07, 6.45) is 1.78. The Morgan fingerprint density at radius 2 is 2.40 bits per heavy atom. The number of nitrogen functional groups attached to an aromatic ring is 1. The van der Waals surface area contributed by atoms with Gasteiger partial charge in [-0.3, -0.25) is 9.88 Å². The minimum absolute atomic E-state index is 0.0728. The van der Waals surface area contributed by atoms with Crippen LogP contribution in [0.25, 0.3) is 0 Å². The third-order valence-electron chi connectivity index (χ3n) is 3.62. The number of pyridine rings is 1. The summed E-state index contributed by atoms with van der Waals surface area (Å²) in [4.78, 5) is 16.7. The fourth-order valence-corrected chi connectivity index (χ4v) is 2.60. The molecule has 0 spiro atoms. The number of nitrogens with two attached hydrogens (primary N) is 1. The van der Waals surface area contributed by atoms with E-state index in [1.165, 1.54) is 17.3 Å². The third kappa shape index (κ3) is 2.51. The van der Waals surface area contributed by atoms with Crippen LogP contribution in [-0.4, -0.2) is 35.3 Å². The summed E-state index contributed by atoms with van der Waals surface area (Å²) in [5, 5.41) is 22.0. The second-order valence-corrected chi connectivity index (χ2v) is 4.94. The van der Waals surface area contributed by atoms with Gasteiger partial charge in [-0.1, -0.05) is 6.92 Å². The van der Waals surface area contributed by atoms with Crippen LogP contribution in [0, 0.1) is 23.2 Å². The second-order valence-electron chi connectivity index (χ2n) is 4.94. The average Bonchev–Trinajstić information content (AvgIpc) is 2.41.